The predicted octanol–water partition coefficient (Wildman–Crippen LogP) is 4.92. The Labute approximate surface area is 160 Å². The van der Waals surface area contributed by atoms with Crippen molar-refractivity contribution in [2.45, 2.75) is 65.2 Å². The summed E-state index contributed by atoms with van der Waals surface area (Å²) in [6.45, 7) is 5.35. The van der Waals surface area contributed by atoms with E-state index in [2.05, 4.69) is 24.5 Å². The maximum absolute atomic E-state index is 12.3. The molecule has 1 heterocycles. The van der Waals surface area contributed by atoms with E-state index in [1.54, 1.807) is 11.3 Å². The molecule has 25 heavy (non-hydrogen) atoms. The molecule has 1 unspecified atom stereocenters. The van der Waals surface area contributed by atoms with Crippen LogP contribution in [0.25, 0.3) is 0 Å². The quantitative estimate of drug-likeness (QED) is 0.380. The summed E-state index contributed by atoms with van der Waals surface area (Å²) in [6.07, 6.45) is 9.26. The Hall–Kier alpha value is -1.14. The molecule has 4 nitrogen and oxygen atoms in total. The summed E-state index contributed by atoms with van der Waals surface area (Å²) >= 11 is 7.06. The number of esters is 1. The second-order valence-corrected chi connectivity index (χ2v) is 8.36. The van der Waals surface area contributed by atoms with E-state index in [-0.39, 0.29) is 5.97 Å². The Morgan fingerprint density at radius 2 is 2.08 bits per heavy atom. The molecule has 140 valence electrons. The van der Waals surface area contributed by atoms with E-state index < -0.39 is 0 Å². The standard InChI is InChI=1S/C19H30N2O2S2/c1-4-5-6-7-8-11-20-19(24)21-17-16(18(22)23-3)14-10-9-13(2)12-15(14)25-17/h13H,4-12H2,1-3H3,(H2,20,21,24). The Bertz CT molecular complexity index is 598. The van der Waals surface area contributed by atoms with E-state index in [0.717, 1.165) is 42.8 Å². The number of ether oxygens (including phenoxy) is 1. The monoisotopic (exact) mass is 382 g/mol. The number of rotatable bonds is 8. The van der Waals surface area contributed by atoms with Crippen molar-refractivity contribution < 1.29 is 9.53 Å². The fourth-order valence-electron chi connectivity index (χ4n) is 3.23. The molecule has 6 heteroatoms. The van der Waals surface area contributed by atoms with Crippen molar-refractivity contribution in [3.05, 3.63) is 16.0 Å². The zero-order valence-corrected chi connectivity index (χ0v) is 17.2. The van der Waals surface area contributed by atoms with Gasteiger partial charge in [0.25, 0.3) is 0 Å². The number of anilines is 1. The Morgan fingerprint density at radius 1 is 1.32 bits per heavy atom. The highest BCUT2D eigenvalue weighted by Gasteiger charge is 2.28. The second-order valence-electron chi connectivity index (χ2n) is 6.84. The molecule has 1 aromatic heterocycles. The van der Waals surface area contributed by atoms with Crippen LogP contribution in [0.5, 0.6) is 0 Å². The molecule has 2 N–H and O–H groups in total. The maximum Gasteiger partial charge on any atom is 0.341 e. The van der Waals surface area contributed by atoms with Crippen LogP contribution in [-0.2, 0) is 17.6 Å². The Morgan fingerprint density at radius 3 is 2.80 bits per heavy atom. The molecule has 1 aliphatic rings. The number of thiocarbonyl (C=S) groups is 1. The van der Waals surface area contributed by atoms with Crippen LogP contribution in [0.3, 0.4) is 0 Å². The highest BCUT2D eigenvalue weighted by Crippen LogP contribution is 2.39. The number of thiophene rings is 1. The maximum atomic E-state index is 12.3. The fourth-order valence-corrected chi connectivity index (χ4v) is 4.91. The van der Waals surface area contributed by atoms with Crippen LogP contribution >= 0.6 is 23.6 Å². The highest BCUT2D eigenvalue weighted by molar-refractivity contribution is 7.80. The Kier molecular flexibility index (Phi) is 8.16. The summed E-state index contributed by atoms with van der Waals surface area (Å²) in [7, 11) is 1.44. The van der Waals surface area contributed by atoms with Gasteiger partial charge in [0, 0.05) is 11.4 Å². The molecule has 1 aromatic rings. The molecule has 2 rings (SSSR count). The van der Waals surface area contributed by atoms with E-state index in [0.29, 0.717) is 16.6 Å². The molecule has 0 aliphatic heterocycles. The molecule has 0 radical (unpaired) electrons. The van der Waals surface area contributed by atoms with Gasteiger partial charge in [-0.05, 0) is 49.4 Å². The smallest absolute Gasteiger partial charge is 0.341 e. The Balaban J connectivity index is 1.96. The number of nitrogens with one attached hydrogen (secondary N) is 2. The third-order valence-electron chi connectivity index (χ3n) is 4.69. The molecule has 0 aromatic carbocycles. The number of carbonyl (C=O) groups excluding carboxylic acids is 1. The van der Waals surface area contributed by atoms with Crippen LogP contribution in [-0.4, -0.2) is 24.7 Å². The van der Waals surface area contributed by atoms with Gasteiger partial charge in [-0.2, -0.15) is 0 Å². The number of fused-ring (bicyclic) bond motifs is 1. The molecule has 0 bridgehead atoms. The minimum atomic E-state index is -0.267. The minimum absolute atomic E-state index is 0.267. The van der Waals surface area contributed by atoms with Gasteiger partial charge in [0.05, 0.1) is 12.7 Å². The lowest BCUT2D eigenvalue weighted by molar-refractivity contribution is 0.0601. The van der Waals surface area contributed by atoms with Crippen molar-refractivity contribution in [3.63, 3.8) is 0 Å². The van der Waals surface area contributed by atoms with Gasteiger partial charge in [0.2, 0.25) is 0 Å². The molecule has 1 aliphatic carbocycles. The van der Waals surface area contributed by atoms with Crippen LogP contribution in [0.15, 0.2) is 0 Å². The largest absolute Gasteiger partial charge is 0.465 e. The second kappa shape index (κ2) is 10.1. The van der Waals surface area contributed by atoms with E-state index in [9.17, 15) is 4.79 Å². The van der Waals surface area contributed by atoms with Crippen molar-refractivity contribution in [1.82, 2.24) is 5.32 Å². The van der Waals surface area contributed by atoms with Crippen LogP contribution in [0.2, 0.25) is 0 Å². The van der Waals surface area contributed by atoms with Crippen molar-refractivity contribution in [2.75, 3.05) is 19.0 Å². The summed E-state index contributed by atoms with van der Waals surface area (Å²) in [5.41, 5.74) is 1.83. The first-order valence-electron chi connectivity index (χ1n) is 9.34. The summed E-state index contributed by atoms with van der Waals surface area (Å²) < 4.78 is 5.01. The molecular formula is C19H30N2O2S2. The lowest BCUT2D eigenvalue weighted by Gasteiger charge is -2.18. The third kappa shape index (κ3) is 5.68. The van der Waals surface area contributed by atoms with Crippen molar-refractivity contribution in [1.29, 1.82) is 0 Å². The number of unbranched alkanes of at least 4 members (excludes halogenated alkanes) is 4. The zero-order valence-electron chi connectivity index (χ0n) is 15.6. The highest BCUT2D eigenvalue weighted by atomic mass is 32.1. The molecule has 0 amide bonds. The minimum Gasteiger partial charge on any atom is -0.465 e. The van der Waals surface area contributed by atoms with Crippen LogP contribution in [0, 0.1) is 5.92 Å². The molecule has 0 saturated carbocycles. The van der Waals surface area contributed by atoms with Gasteiger partial charge in [-0.25, -0.2) is 4.79 Å². The van der Waals surface area contributed by atoms with Crippen molar-refractivity contribution >= 4 is 39.6 Å². The SMILES string of the molecule is CCCCCCCNC(=S)Nc1sc2c(c1C(=O)OC)CCC(C)C2. The average molecular weight is 383 g/mol. The van der Waals surface area contributed by atoms with Gasteiger partial charge in [-0.1, -0.05) is 39.5 Å². The van der Waals surface area contributed by atoms with E-state index in [4.69, 9.17) is 17.0 Å². The number of hydrogen-bond donors (Lipinski definition) is 2. The van der Waals surface area contributed by atoms with Crippen molar-refractivity contribution in [2.24, 2.45) is 5.92 Å². The van der Waals surface area contributed by atoms with Gasteiger partial charge in [0.1, 0.15) is 5.00 Å². The van der Waals surface area contributed by atoms with Crippen LogP contribution in [0.4, 0.5) is 5.00 Å². The van der Waals surface area contributed by atoms with Crippen LogP contribution < -0.4 is 10.6 Å². The molecule has 0 spiro atoms. The average Bonchev–Trinajstić information content (AvgIpc) is 2.94. The van der Waals surface area contributed by atoms with Crippen LogP contribution in [0.1, 0.15) is 73.2 Å². The normalized spacial score (nSPS) is 16.2. The lowest BCUT2D eigenvalue weighted by atomic mass is 9.88. The lowest BCUT2D eigenvalue weighted by Crippen LogP contribution is -2.29. The first-order valence-corrected chi connectivity index (χ1v) is 10.6. The van der Waals surface area contributed by atoms with Gasteiger partial charge in [-0.3, -0.25) is 0 Å². The fraction of sp³-hybridized carbons (Fsp3) is 0.684. The molecule has 0 saturated heterocycles. The number of hydrogen-bond acceptors (Lipinski definition) is 4. The topological polar surface area (TPSA) is 50.4 Å². The van der Waals surface area contributed by atoms with E-state index in [1.165, 1.54) is 37.7 Å². The number of methoxy groups -OCH3 is 1. The predicted molar refractivity (Wildman–Crippen MR) is 110 cm³/mol. The zero-order chi connectivity index (χ0) is 18.2. The van der Waals surface area contributed by atoms with Crippen molar-refractivity contribution in [3.8, 4) is 0 Å². The van der Waals surface area contributed by atoms with Gasteiger partial charge >= 0.3 is 5.97 Å². The third-order valence-corrected chi connectivity index (χ3v) is 6.11. The van der Waals surface area contributed by atoms with Gasteiger partial charge in [-0.15, -0.1) is 11.3 Å². The molecular weight excluding hydrogens is 352 g/mol. The summed E-state index contributed by atoms with van der Waals surface area (Å²) in [6, 6.07) is 0. The molecule has 1 atom stereocenters. The van der Waals surface area contributed by atoms with E-state index >= 15 is 0 Å². The molecule has 0 fully saturated rings. The van der Waals surface area contributed by atoms with Gasteiger partial charge in [0.15, 0.2) is 5.11 Å². The summed E-state index contributed by atoms with van der Waals surface area (Å²) in [5, 5.41) is 7.91. The number of carbonyl (C=O) groups is 1. The summed E-state index contributed by atoms with van der Waals surface area (Å²) in [4.78, 5) is 13.6. The van der Waals surface area contributed by atoms with E-state index in [1.807, 2.05) is 0 Å². The summed E-state index contributed by atoms with van der Waals surface area (Å²) in [5.74, 6) is 0.398. The first kappa shape index (κ1) is 20.2. The van der Waals surface area contributed by atoms with Gasteiger partial charge < -0.3 is 15.4 Å². The first-order chi connectivity index (χ1) is 12.1.